The van der Waals surface area contributed by atoms with Gasteiger partial charge in [0.05, 0.1) is 33.4 Å². The molecule has 0 spiro atoms. The number of hydrogen-bond donors (Lipinski definition) is 1. The van der Waals surface area contributed by atoms with Crippen molar-refractivity contribution in [3.8, 4) is 0 Å². The highest BCUT2D eigenvalue weighted by Gasteiger charge is 2.31. The van der Waals surface area contributed by atoms with Crippen LogP contribution in [-0.4, -0.2) is 25.8 Å². The number of halogens is 3. The highest BCUT2D eigenvalue weighted by atomic mass is 32.1. The predicted octanol–water partition coefficient (Wildman–Crippen LogP) is 5.55. The van der Waals surface area contributed by atoms with E-state index in [-0.39, 0.29) is 24.2 Å². The molecule has 0 aliphatic carbocycles. The Labute approximate surface area is 203 Å². The zero-order valence-corrected chi connectivity index (χ0v) is 19.5. The Morgan fingerprint density at radius 2 is 1.83 bits per heavy atom. The third-order valence-corrected chi connectivity index (χ3v) is 7.35. The molecular weight excluding hydrogens is 499 g/mol. The van der Waals surface area contributed by atoms with Gasteiger partial charge in [0, 0.05) is 16.1 Å². The predicted molar refractivity (Wildman–Crippen MR) is 128 cm³/mol. The summed E-state index contributed by atoms with van der Waals surface area (Å²) in [7, 11) is 0. The third-order valence-electron chi connectivity index (χ3n) is 5.59. The van der Waals surface area contributed by atoms with Crippen molar-refractivity contribution in [2.45, 2.75) is 25.1 Å². The maximum Gasteiger partial charge on any atom is 0.416 e. The van der Waals surface area contributed by atoms with Crippen LogP contribution in [0.4, 0.5) is 13.2 Å². The molecule has 1 atom stereocenters. The van der Waals surface area contributed by atoms with E-state index in [1.54, 1.807) is 10.8 Å². The summed E-state index contributed by atoms with van der Waals surface area (Å²) in [5.74, 6) is -2.07. The second-order valence-corrected chi connectivity index (χ2v) is 9.77. The molecule has 5 aromatic rings. The highest BCUT2D eigenvalue weighted by molar-refractivity contribution is 7.18. The summed E-state index contributed by atoms with van der Waals surface area (Å²) in [6.45, 7) is -0.0873. The fourth-order valence-corrected chi connectivity index (χ4v) is 5.64. The Morgan fingerprint density at radius 3 is 2.54 bits per heavy atom. The molecule has 1 N–H and O–H groups in total. The van der Waals surface area contributed by atoms with Gasteiger partial charge in [-0.05, 0) is 30.2 Å². The lowest BCUT2D eigenvalue weighted by molar-refractivity contribution is -0.139. The van der Waals surface area contributed by atoms with E-state index in [0.717, 1.165) is 33.7 Å². The van der Waals surface area contributed by atoms with Crippen molar-refractivity contribution in [3.63, 3.8) is 0 Å². The average molecular weight is 516 g/mol. The number of aliphatic carboxylic acids is 1. The Morgan fingerprint density at radius 1 is 1.09 bits per heavy atom. The summed E-state index contributed by atoms with van der Waals surface area (Å²) in [6.07, 6.45) is -4.30. The first-order valence-electron chi connectivity index (χ1n) is 10.4. The van der Waals surface area contributed by atoms with Gasteiger partial charge in [0.1, 0.15) is 10.9 Å². The molecule has 1 unspecified atom stereocenters. The van der Waals surface area contributed by atoms with Crippen molar-refractivity contribution >= 4 is 49.6 Å². The number of alkyl halides is 3. The van der Waals surface area contributed by atoms with Crippen molar-refractivity contribution in [2.75, 3.05) is 0 Å². The second-order valence-electron chi connectivity index (χ2n) is 7.92. The van der Waals surface area contributed by atoms with Crippen LogP contribution in [0.25, 0.3) is 21.0 Å². The van der Waals surface area contributed by atoms with Crippen LogP contribution in [0.1, 0.15) is 27.7 Å². The normalized spacial score (nSPS) is 12.9. The van der Waals surface area contributed by atoms with E-state index in [1.165, 1.54) is 17.4 Å². The van der Waals surface area contributed by atoms with Crippen LogP contribution in [0, 0.1) is 0 Å². The largest absolute Gasteiger partial charge is 0.481 e. The smallest absolute Gasteiger partial charge is 0.416 e. The Kier molecular flexibility index (Phi) is 5.89. The first-order valence-corrected chi connectivity index (χ1v) is 12.2. The second kappa shape index (κ2) is 8.90. The number of hydrogen-bond acceptors (Lipinski definition) is 6. The number of fused-ring (bicyclic) bond motifs is 2. The lowest BCUT2D eigenvalue weighted by Gasteiger charge is -2.15. The molecule has 2 aromatic carbocycles. The van der Waals surface area contributed by atoms with E-state index in [4.69, 9.17) is 0 Å². The molecule has 0 saturated carbocycles. The van der Waals surface area contributed by atoms with Gasteiger partial charge in [-0.15, -0.1) is 11.3 Å². The molecular formula is C24H16F3N3O3S2. The van der Waals surface area contributed by atoms with Crippen LogP contribution < -0.4 is 5.56 Å². The molecule has 3 heterocycles. The van der Waals surface area contributed by atoms with Gasteiger partial charge in [-0.25, -0.2) is 9.67 Å². The zero-order chi connectivity index (χ0) is 24.7. The summed E-state index contributed by atoms with van der Waals surface area (Å²) in [5.41, 5.74) is 0.0396. The van der Waals surface area contributed by atoms with Gasteiger partial charge in [-0.1, -0.05) is 30.3 Å². The van der Waals surface area contributed by atoms with Gasteiger partial charge in [0.15, 0.2) is 0 Å². The minimum atomic E-state index is -4.49. The molecule has 0 amide bonds. The van der Waals surface area contributed by atoms with E-state index in [0.29, 0.717) is 20.5 Å². The molecule has 0 radical (unpaired) electrons. The van der Waals surface area contributed by atoms with Gasteiger partial charge >= 0.3 is 12.1 Å². The quantitative estimate of drug-likeness (QED) is 0.321. The van der Waals surface area contributed by atoms with Gasteiger partial charge in [-0.3, -0.25) is 9.59 Å². The number of nitrogens with zero attached hydrogens (tertiary/aromatic N) is 3. The Hall–Kier alpha value is -3.57. The first-order chi connectivity index (χ1) is 16.7. The Balaban J connectivity index is 1.57. The minimum Gasteiger partial charge on any atom is -0.481 e. The maximum atomic E-state index is 13.1. The molecule has 3 aromatic heterocycles. The number of carbonyl (C=O) groups is 1. The van der Waals surface area contributed by atoms with Gasteiger partial charge < -0.3 is 5.11 Å². The molecule has 0 aliphatic rings. The number of thiophene rings is 1. The first kappa shape index (κ1) is 23.2. The van der Waals surface area contributed by atoms with Crippen molar-refractivity contribution in [3.05, 3.63) is 91.5 Å². The number of aromatic nitrogens is 3. The van der Waals surface area contributed by atoms with Gasteiger partial charge in [0.25, 0.3) is 5.56 Å². The molecule has 0 aliphatic heterocycles. The molecule has 11 heteroatoms. The summed E-state index contributed by atoms with van der Waals surface area (Å²) in [6, 6.07) is 12.4. The number of carboxylic acids is 1. The van der Waals surface area contributed by atoms with Crippen molar-refractivity contribution in [1.82, 2.24) is 14.8 Å². The monoisotopic (exact) mass is 515 g/mol. The SMILES string of the molecule is O=C(O)C(Cc1ccccc1)c1nn(Cc2nc3cc(C(F)(F)F)ccc3s2)c(=O)c2cscc12. The third kappa shape index (κ3) is 4.56. The minimum absolute atomic E-state index is 0.0873. The molecule has 0 bridgehead atoms. The van der Waals surface area contributed by atoms with Crippen LogP contribution in [0.15, 0.2) is 64.1 Å². The van der Waals surface area contributed by atoms with Crippen LogP contribution in [-0.2, 0) is 23.9 Å². The number of carboxylic acid groups (broad SMARTS) is 1. The molecule has 0 fully saturated rings. The molecule has 0 saturated heterocycles. The van der Waals surface area contributed by atoms with Crippen molar-refractivity contribution in [2.24, 2.45) is 0 Å². The van der Waals surface area contributed by atoms with Crippen LogP contribution >= 0.6 is 22.7 Å². The Bertz CT molecular complexity index is 1610. The standard InChI is InChI=1S/C24H16F3N3O3S2/c25-24(26,27)14-6-7-19-18(9-14)28-20(35-19)10-30-22(31)17-12-34-11-16(17)21(29-30)15(23(32)33)8-13-4-2-1-3-5-13/h1-7,9,11-12,15H,8,10H2,(H,32,33). The maximum absolute atomic E-state index is 13.1. The summed E-state index contributed by atoms with van der Waals surface area (Å²) < 4.78 is 40.9. The lowest BCUT2D eigenvalue weighted by Crippen LogP contribution is -2.27. The highest BCUT2D eigenvalue weighted by Crippen LogP contribution is 2.33. The number of benzene rings is 2. The fraction of sp³-hybridized carbons (Fsp3) is 0.167. The molecule has 35 heavy (non-hydrogen) atoms. The molecule has 5 rings (SSSR count). The summed E-state index contributed by atoms with van der Waals surface area (Å²) in [5, 5.41) is 19.0. The number of rotatable bonds is 6. The number of thiazole rings is 1. The van der Waals surface area contributed by atoms with E-state index in [2.05, 4.69) is 10.1 Å². The fourth-order valence-electron chi connectivity index (χ4n) is 3.89. The molecule has 178 valence electrons. The van der Waals surface area contributed by atoms with Gasteiger partial charge in [-0.2, -0.15) is 29.6 Å². The van der Waals surface area contributed by atoms with Crippen LogP contribution in [0.2, 0.25) is 0 Å². The lowest BCUT2D eigenvalue weighted by atomic mass is 9.94. The van der Waals surface area contributed by atoms with Crippen molar-refractivity contribution in [1.29, 1.82) is 0 Å². The van der Waals surface area contributed by atoms with Crippen LogP contribution in [0.3, 0.4) is 0 Å². The van der Waals surface area contributed by atoms with Gasteiger partial charge in [0.2, 0.25) is 0 Å². The van der Waals surface area contributed by atoms with E-state index >= 15 is 0 Å². The average Bonchev–Trinajstić information content (AvgIpc) is 3.46. The van der Waals surface area contributed by atoms with Crippen LogP contribution in [0.5, 0.6) is 0 Å². The van der Waals surface area contributed by atoms with E-state index in [1.807, 2.05) is 30.3 Å². The van der Waals surface area contributed by atoms with E-state index < -0.39 is 29.2 Å². The van der Waals surface area contributed by atoms with Crippen molar-refractivity contribution < 1.29 is 23.1 Å². The zero-order valence-electron chi connectivity index (χ0n) is 17.8. The molecule has 6 nitrogen and oxygen atoms in total. The summed E-state index contributed by atoms with van der Waals surface area (Å²) >= 11 is 2.43. The summed E-state index contributed by atoms with van der Waals surface area (Å²) in [4.78, 5) is 29.6. The van der Waals surface area contributed by atoms with E-state index in [9.17, 15) is 27.9 Å². The topological polar surface area (TPSA) is 85.1 Å².